The van der Waals surface area contributed by atoms with Gasteiger partial charge in [0.2, 0.25) is 10.0 Å². The van der Waals surface area contributed by atoms with Gasteiger partial charge in [-0.1, -0.05) is 42.5 Å². The average molecular weight is 368 g/mol. The van der Waals surface area contributed by atoms with E-state index in [0.29, 0.717) is 11.0 Å². The van der Waals surface area contributed by atoms with Crippen LogP contribution in [0, 0.1) is 0 Å². The minimum atomic E-state index is -3.43. The van der Waals surface area contributed by atoms with E-state index < -0.39 is 10.0 Å². The smallest absolute Gasteiger partial charge is 0.211 e. The maximum atomic E-state index is 12.1. The summed E-state index contributed by atoms with van der Waals surface area (Å²) in [5, 5.41) is 0. The van der Waals surface area contributed by atoms with Crippen molar-refractivity contribution in [1.82, 2.24) is 4.72 Å². The van der Waals surface area contributed by atoms with Gasteiger partial charge in [-0.2, -0.15) is 0 Å². The van der Waals surface area contributed by atoms with Crippen LogP contribution in [0.4, 0.5) is 0 Å². The number of nitrogens with one attached hydrogen (secondary N) is 1. The molecule has 2 rings (SSSR count). The summed E-state index contributed by atoms with van der Waals surface area (Å²) in [6.07, 6.45) is 2.75. The van der Waals surface area contributed by atoms with E-state index in [1.54, 1.807) is 24.3 Å². The van der Waals surface area contributed by atoms with Crippen LogP contribution in [0.5, 0.6) is 0 Å². The molecule has 21 heavy (non-hydrogen) atoms. The van der Waals surface area contributed by atoms with Crippen molar-refractivity contribution in [3.8, 4) is 0 Å². The van der Waals surface area contributed by atoms with Crippen LogP contribution in [0.1, 0.15) is 18.4 Å². The number of benzene rings is 2. The van der Waals surface area contributed by atoms with E-state index in [4.69, 9.17) is 0 Å². The summed E-state index contributed by atoms with van der Waals surface area (Å²) in [6.45, 7) is 0.455. The molecule has 0 aliphatic rings. The first-order valence-electron chi connectivity index (χ1n) is 6.88. The summed E-state index contributed by atoms with van der Waals surface area (Å²) in [6, 6.07) is 17.0. The molecule has 0 aliphatic carbocycles. The molecule has 2 aromatic rings. The minimum absolute atomic E-state index is 0.285. The third-order valence-electron chi connectivity index (χ3n) is 3.15. The Morgan fingerprint density at radius 1 is 0.905 bits per heavy atom. The molecule has 5 heteroatoms. The monoisotopic (exact) mass is 367 g/mol. The largest absolute Gasteiger partial charge is 0.241 e. The molecule has 1 N–H and O–H groups in total. The third kappa shape index (κ3) is 4.95. The molecule has 0 aromatic heterocycles. The van der Waals surface area contributed by atoms with Crippen LogP contribution in [-0.4, -0.2) is 15.0 Å². The van der Waals surface area contributed by atoms with Gasteiger partial charge in [0.05, 0.1) is 4.90 Å². The van der Waals surface area contributed by atoms with Gasteiger partial charge in [-0.3, -0.25) is 0 Å². The zero-order chi connectivity index (χ0) is 15.1. The molecule has 0 atom stereocenters. The van der Waals surface area contributed by atoms with E-state index in [0.717, 1.165) is 19.3 Å². The zero-order valence-electron chi connectivity index (χ0n) is 11.6. The van der Waals surface area contributed by atoms with Crippen molar-refractivity contribution in [2.24, 2.45) is 0 Å². The van der Waals surface area contributed by atoms with Gasteiger partial charge in [-0.05, 0) is 52.9 Å². The van der Waals surface area contributed by atoms with Gasteiger partial charge >= 0.3 is 0 Å². The van der Waals surface area contributed by atoms with Crippen LogP contribution >= 0.6 is 15.9 Å². The lowest BCUT2D eigenvalue weighted by molar-refractivity contribution is 0.576. The molecule has 0 saturated carbocycles. The van der Waals surface area contributed by atoms with Crippen LogP contribution in [-0.2, 0) is 16.4 Å². The van der Waals surface area contributed by atoms with Crippen LogP contribution in [0.2, 0.25) is 0 Å². The third-order valence-corrected chi connectivity index (χ3v) is 5.63. The van der Waals surface area contributed by atoms with Gasteiger partial charge in [0.25, 0.3) is 0 Å². The van der Waals surface area contributed by atoms with Gasteiger partial charge in [0.1, 0.15) is 0 Å². The lowest BCUT2D eigenvalue weighted by Gasteiger charge is -2.08. The van der Waals surface area contributed by atoms with E-state index in [1.165, 1.54) is 5.56 Å². The molecule has 0 saturated heterocycles. The highest BCUT2D eigenvalue weighted by molar-refractivity contribution is 9.10. The van der Waals surface area contributed by atoms with Gasteiger partial charge in [0.15, 0.2) is 0 Å². The molecule has 0 heterocycles. The average Bonchev–Trinajstić information content (AvgIpc) is 2.48. The summed E-state index contributed by atoms with van der Waals surface area (Å²) in [5.74, 6) is 0. The second-order valence-corrected chi connectivity index (χ2v) is 7.36. The SMILES string of the molecule is O=S(=O)(NCCCCc1ccccc1)c1ccccc1Br. The quantitative estimate of drug-likeness (QED) is 0.757. The summed E-state index contributed by atoms with van der Waals surface area (Å²) in [4.78, 5) is 0.285. The lowest BCUT2D eigenvalue weighted by Crippen LogP contribution is -2.25. The number of hydrogen-bond acceptors (Lipinski definition) is 2. The maximum absolute atomic E-state index is 12.1. The van der Waals surface area contributed by atoms with Crippen LogP contribution in [0.3, 0.4) is 0 Å². The van der Waals surface area contributed by atoms with Crippen molar-refractivity contribution in [2.45, 2.75) is 24.2 Å². The summed E-state index contributed by atoms with van der Waals surface area (Å²) in [5.41, 5.74) is 1.28. The fraction of sp³-hybridized carbons (Fsp3) is 0.250. The van der Waals surface area contributed by atoms with Crippen molar-refractivity contribution in [3.05, 3.63) is 64.6 Å². The predicted molar refractivity (Wildman–Crippen MR) is 88.7 cm³/mol. The molecule has 0 aliphatic heterocycles. The van der Waals surface area contributed by atoms with Crippen LogP contribution in [0.15, 0.2) is 64.0 Å². The first-order valence-corrected chi connectivity index (χ1v) is 9.15. The number of hydrogen-bond donors (Lipinski definition) is 1. The highest BCUT2D eigenvalue weighted by Crippen LogP contribution is 2.20. The number of halogens is 1. The first-order chi connectivity index (χ1) is 10.1. The molecule has 0 bridgehead atoms. The summed E-state index contributed by atoms with van der Waals surface area (Å²) in [7, 11) is -3.43. The second-order valence-electron chi connectivity index (χ2n) is 4.77. The Labute approximate surface area is 134 Å². The molecule has 2 aromatic carbocycles. The normalized spacial score (nSPS) is 11.5. The number of sulfonamides is 1. The number of unbranched alkanes of at least 4 members (excludes halogenated alkanes) is 1. The topological polar surface area (TPSA) is 46.2 Å². The Balaban J connectivity index is 1.79. The molecule has 0 spiro atoms. The van der Waals surface area contributed by atoms with Gasteiger partial charge < -0.3 is 0 Å². The Hall–Kier alpha value is -1.17. The van der Waals surface area contributed by atoms with Crippen molar-refractivity contribution in [2.75, 3.05) is 6.54 Å². The zero-order valence-corrected chi connectivity index (χ0v) is 14.0. The van der Waals surface area contributed by atoms with E-state index >= 15 is 0 Å². The molecule has 0 fully saturated rings. The number of rotatable bonds is 7. The van der Waals surface area contributed by atoms with Crippen LogP contribution in [0.25, 0.3) is 0 Å². The van der Waals surface area contributed by atoms with E-state index in [-0.39, 0.29) is 4.90 Å². The van der Waals surface area contributed by atoms with Crippen molar-refractivity contribution in [1.29, 1.82) is 0 Å². The number of aryl methyl sites for hydroxylation is 1. The fourth-order valence-electron chi connectivity index (χ4n) is 2.05. The van der Waals surface area contributed by atoms with Gasteiger partial charge in [-0.25, -0.2) is 13.1 Å². The molecular weight excluding hydrogens is 350 g/mol. The predicted octanol–water partition coefficient (Wildman–Crippen LogP) is 3.75. The van der Waals surface area contributed by atoms with Gasteiger partial charge in [0, 0.05) is 11.0 Å². The highest BCUT2D eigenvalue weighted by Gasteiger charge is 2.15. The Morgan fingerprint density at radius 3 is 2.29 bits per heavy atom. The van der Waals surface area contributed by atoms with Crippen molar-refractivity contribution < 1.29 is 8.42 Å². The van der Waals surface area contributed by atoms with Crippen molar-refractivity contribution in [3.63, 3.8) is 0 Å². The highest BCUT2D eigenvalue weighted by atomic mass is 79.9. The first kappa shape index (κ1) is 16.2. The summed E-state index contributed by atoms with van der Waals surface area (Å²) >= 11 is 3.27. The van der Waals surface area contributed by atoms with Crippen LogP contribution < -0.4 is 4.72 Å². The molecule has 0 unspecified atom stereocenters. The standard InChI is InChI=1S/C16H18BrNO2S/c17-15-11-4-5-12-16(15)21(19,20)18-13-7-6-10-14-8-2-1-3-9-14/h1-5,8-9,11-12,18H,6-7,10,13H2. The van der Waals surface area contributed by atoms with E-state index in [9.17, 15) is 8.42 Å². The molecule has 0 radical (unpaired) electrons. The molecule has 0 amide bonds. The Morgan fingerprint density at radius 2 is 1.57 bits per heavy atom. The molecular formula is C16H18BrNO2S. The lowest BCUT2D eigenvalue weighted by atomic mass is 10.1. The van der Waals surface area contributed by atoms with Gasteiger partial charge in [-0.15, -0.1) is 0 Å². The Kier molecular flexibility index (Phi) is 5.96. The Bertz CT molecular complexity index is 672. The fourth-order valence-corrected chi connectivity index (χ4v) is 4.12. The summed E-state index contributed by atoms with van der Waals surface area (Å²) < 4.78 is 27.5. The molecule has 112 valence electrons. The van der Waals surface area contributed by atoms with E-state index in [1.807, 2.05) is 18.2 Å². The van der Waals surface area contributed by atoms with Crippen molar-refractivity contribution >= 4 is 26.0 Å². The molecule has 3 nitrogen and oxygen atoms in total. The minimum Gasteiger partial charge on any atom is -0.211 e. The van der Waals surface area contributed by atoms with E-state index in [2.05, 4.69) is 32.8 Å². The maximum Gasteiger partial charge on any atom is 0.241 e. The second kappa shape index (κ2) is 7.73.